The van der Waals surface area contributed by atoms with E-state index in [1.54, 1.807) is 0 Å². The third-order valence-corrected chi connectivity index (χ3v) is 3.41. The summed E-state index contributed by atoms with van der Waals surface area (Å²) in [6.07, 6.45) is 0.940. The molecule has 0 aliphatic carbocycles. The molecule has 3 unspecified atom stereocenters. The summed E-state index contributed by atoms with van der Waals surface area (Å²) in [5.74, 6) is 0.175. The van der Waals surface area contributed by atoms with Crippen molar-refractivity contribution in [3.05, 3.63) is 5.82 Å². The Balaban J connectivity index is 2.03. The van der Waals surface area contributed by atoms with Crippen LogP contribution in [-0.2, 0) is 9.59 Å². The van der Waals surface area contributed by atoms with Crippen molar-refractivity contribution in [2.24, 2.45) is 0 Å². The zero-order valence-electron chi connectivity index (χ0n) is 11.3. The number of aromatic nitrogens is 4. The van der Waals surface area contributed by atoms with Crippen molar-refractivity contribution < 1.29 is 9.59 Å². The Kier molecular flexibility index (Phi) is 3.89. The molecule has 0 bridgehead atoms. The summed E-state index contributed by atoms with van der Waals surface area (Å²) in [7, 11) is 0. The lowest BCUT2D eigenvalue weighted by Gasteiger charge is -2.22. The highest BCUT2D eigenvalue weighted by Crippen LogP contribution is 2.20. The van der Waals surface area contributed by atoms with Crippen LogP contribution in [-0.4, -0.2) is 49.4 Å². The van der Waals surface area contributed by atoms with Gasteiger partial charge in [-0.15, -0.1) is 10.2 Å². The lowest BCUT2D eigenvalue weighted by molar-refractivity contribution is -0.141. The molecule has 0 spiro atoms. The van der Waals surface area contributed by atoms with Crippen LogP contribution in [0.1, 0.15) is 45.5 Å². The molecule has 0 radical (unpaired) electrons. The van der Waals surface area contributed by atoms with Gasteiger partial charge in [-0.25, -0.2) is 0 Å². The number of nitrogens with one attached hydrogen (secondary N) is 2. The molecule has 2 N–H and O–H groups in total. The number of hydrogen-bond donors (Lipinski definition) is 2. The average Bonchev–Trinajstić information content (AvgIpc) is 2.98. The number of carbonyl (C=O) groups is 2. The van der Waals surface area contributed by atoms with Crippen LogP contribution in [0.2, 0.25) is 0 Å². The van der Waals surface area contributed by atoms with Crippen LogP contribution in [0.3, 0.4) is 0 Å². The molecule has 1 fully saturated rings. The van der Waals surface area contributed by atoms with E-state index < -0.39 is 6.04 Å². The van der Waals surface area contributed by atoms with Gasteiger partial charge in [0.1, 0.15) is 0 Å². The predicted octanol–water partition coefficient (Wildman–Crippen LogP) is -0.224. The van der Waals surface area contributed by atoms with Crippen LogP contribution < -0.4 is 5.32 Å². The van der Waals surface area contributed by atoms with Gasteiger partial charge in [-0.05, 0) is 20.3 Å². The second kappa shape index (κ2) is 5.43. The normalized spacial score (nSPS) is 22.9. The molecular weight excluding hydrogens is 248 g/mol. The van der Waals surface area contributed by atoms with Crippen molar-refractivity contribution in [3.8, 4) is 0 Å². The molecule has 0 aromatic carbocycles. The highest BCUT2D eigenvalue weighted by Gasteiger charge is 2.41. The Hall–Kier alpha value is -1.83. The standard InChI is InChI=1S/C11H18N6O2/c1-4-6(2)17-9(18)5-8(11(17)19)12-7(3)10-13-15-16-14-10/h6-8,12H,4-5H2,1-3H3,(H,13,14,15,16). The minimum Gasteiger partial charge on any atom is -0.296 e. The van der Waals surface area contributed by atoms with Gasteiger partial charge in [-0.3, -0.25) is 19.8 Å². The second-order valence-electron chi connectivity index (χ2n) is 4.77. The third-order valence-electron chi connectivity index (χ3n) is 3.41. The van der Waals surface area contributed by atoms with E-state index in [4.69, 9.17) is 0 Å². The van der Waals surface area contributed by atoms with Crippen LogP contribution in [0.4, 0.5) is 0 Å². The van der Waals surface area contributed by atoms with E-state index in [2.05, 4.69) is 25.9 Å². The number of nitrogens with zero attached hydrogens (tertiary/aromatic N) is 4. The monoisotopic (exact) mass is 266 g/mol. The second-order valence-corrected chi connectivity index (χ2v) is 4.77. The highest BCUT2D eigenvalue weighted by atomic mass is 16.2. The largest absolute Gasteiger partial charge is 0.296 e. The van der Waals surface area contributed by atoms with E-state index in [0.29, 0.717) is 5.82 Å². The zero-order valence-corrected chi connectivity index (χ0v) is 11.3. The summed E-state index contributed by atoms with van der Waals surface area (Å²) in [5, 5.41) is 16.6. The van der Waals surface area contributed by atoms with Crippen molar-refractivity contribution >= 4 is 11.8 Å². The van der Waals surface area contributed by atoms with Gasteiger partial charge in [0, 0.05) is 6.04 Å². The predicted molar refractivity (Wildman–Crippen MR) is 65.7 cm³/mol. The van der Waals surface area contributed by atoms with Crippen LogP contribution in [0.25, 0.3) is 0 Å². The fourth-order valence-electron chi connectivity index (χ4n) is 2.16. The van der Waals surface area contributed by atoms with Gasteiger partial charge in [0.25, 0.3) is 0 Å². The van der Waals surface area contributed by atoms with E-state index in [0.717, 1.165) is 6.42 Å². The Morgan fingerprint density at radius 2 is 2.21 bits per heavy atom. The Bertz CT molecular complexity index is 460. The first-order valence-electron chi connectivity index (χ1n) is 6.39. The Morgan fingerprint density at radius 1 is 1.47 bits per heavy atom. The first-order valence-corrected chi connectivity index (χ1v) is 6.39. The highest BCUT2D eigenvalue weighted by molar-refractivity contribution is 6.05. The number of imide groups is 1. The number of aromatic amines is 1. The van der Waals surface area contributed by atoms with Crippen molar-refractivity contribution in [1.82, 2.24) is 30.8 Å². The zero-order chi connectivity index (χ0) is 14.0. The van der Waals surface area contributed by atoms with Crippen LogP contribution in [0.15, 0.2) is 0 Å². The number of hydrogen-bond acceptors (Lipinski definition) is 6. The number of H-pyrrole nitrogens is 1. The van der Waals surface area contributed by atoms with Gasteiger partial charge >= 0.3 is 0 Å². The lowest BCUT2D eigenvalue weighted by Crippen LogP contribution is -2.43. The van der Waals surface area contributed by atoms with Crippen molar-refractivity contribution in [1.29, 1.82) is 0 Å². The number of tetrazole rings is 1. The number of amides is 2. The summed E-state index contributed by atoms with van der Waals surface area (Å²) < 4.78 is 0. The van der Waals surface area contributed by atoms with Gasteiger partial charge in [0.05, 0.1) is 18.5 Å². The van der Waals surface area contributed by atoms with E-state index in [1.165, 1.54) is 4.90 Å². The first kappa shape index (κ1) is 13.6. The molecule has 1 aliphatic rings. The number of rotatable bonds is 5. The molecule has 8 nitrogen and oxygen atoms in total. The van der Waals surface area contributed by atoms with E-state index >= 15 is 0 Å². The number of carbonyl (C=O) groups excluding carboxylic acids is 2. The smallest absolute Gasteiger partial charge is 0.247 e. The molecule has 1 saturated heterocycles. The average molecular weight is 266 g/mol. The molecule has 1 aromatic rings. The molecular formula is C11H18N6O2. The van der Waals surface area contributed by atoms with Crippen LogP contribution in [0, 0.1) is 0 Å². The molecule has 104 valence electrons. The van der Waals surface area contributed by atoms with Gasteiger partial charge < -0.3 is 0 Å². The summed E-state index contributed by atoms with van der Waals surface area (Å²) in [5.41, 5.74) is 0. The summed E-state index contributed by atoms with van der Waals surface area (Å²) in [6.45, 7) is 5.66. The molecule has 2 heterocycles. The van der Waals surface area contributed by atoms with Gasteiger partial charge in [0.15, 0.2) is 5.82 Å². The number of likely N-dealkylation sites (tertiary alicyclic amines) is 1. The SMILES string of the molecule is CCC(C)N1C(=O)CC(NC(C)c2nn[nH]n2)C1=O. The lowest BCUT2D eigenvalue weighted by atomic mass is 10.2. The quantitative estimate of drug-likeness (QED) is 0.714. The third kappa shape index (κ3) is 2.62. The van der Waals surface area contributed by atoms with Crippen molar-refractivity contribution in [2.45, 2.75) is 51.7 Å². The fourth-order valence-corrected chi connectivity index (χ4v) is 2.16. The van der Waals surface area contributed by atoms with Gasteiger partial charge in [-0.1, -0.05) is 12.1 Å². The molecule has 0 saturated carbocycles. The van der Waals surface area contributed by atoms with Gasteiger partial charge in [-0.2, -0.15) is 5.21 Å². The molecule has 19 heavy (non-hydrogen) atoms. The van der Waals surface area contributed by atoms with Gasteiger partial charge in [0.2, 0.25) is 11.8 Å². The first-order chi connectivity index (χ1) is 9.04. The fraction of sp³-hybridized carbons (Fsp3) is 0.727. The molecule has 1 aromatic heterocycles. The minimum absolute atomic E-state index is 0.0627. The maximum atomic E-state index is 12.2. The van der Waals surface area contributed by atoms with Crippen LogP contribution in [0.5, 0.6) is 0 Å². The van der Waals surface area contributed by atoms with E-state index in [-0.39, 0.29) is 30.3 Å². The Morgan fingerprint density at radius 3 is 2.79 bits per heavy atom. The topological polar surface area (TPSA) is 104 Å². The van der Waals surface area contributed by atoms with Crippen LogP contribution >= 0.6 is 0 Å². The molecule has 2 rings (SSSR count). The molecule has 1 aliphatic heterocycles. The van der Waals surface area contributed by atoms with Crippen molar-refractivity contribution in [3.63, 3.8) is 0 Å². The summed E-state index contributed by atoms with van der Waals surface area (Å²) in [6, 6.07) is -0.806. The van der Waals surface area contributed by atoms with Crippen molar-refractivity contribution in [2.75, 3.05) is 0 Å². The molecule has 2 amide bonds. The Labute approximate surface area is 110 Å². The maximum Gasteiger partial charge on any atom is 0.247 e. The van der Waals surface area contributed by atoms with E-state index in [9.17, 15) is 9.59 Å². The summed E-state index contributed by atoms with van der Waals surface area (Å²) in [4.78, 5) is 25.4. The summed E-state index contributed by atoms with van der Waals surface area (Å²) >= 11 is 0. The maximum absolute atomic E-state index is 12.2. The van der Waals surface area contributed by atoms with E-state index in [1.807, 2.05) is 20.8 Å². The minimum atomic E-state index is -0.505. The molecule has 8 heteroatoms. The molecule has 3 atom stereocenters.